The van der Waals surface area contributed by atoms with Gasteiger partial charge in [-0.25, -0.2) is 0 Å². The van der Waals surface area contributed by atoms with Gasteiger partial charge in [0.15, 0.2) is 0 Å². The lowest BCUT2D eigenvalue weighted by Crippen LogP contribution is -1.88. The highest BCUT2D eigenvalue weighted by Crippen LogP contribution is 2.22. The van der Waals surface area contributed by atoms with Gasteiger partial charge in [-0.3, -0.25) is 0 Å². The molecule has 0 atom stereocenters. The summed E-state index contributed by atoms with van der Waals surface area (Å²) in [5, 5.41) is 8.76. The summed E-state index contributed by atoms with van der Waals surface area (Å²) in [5.41, 5.74) is 4.67. The van der Waals surface area contributed by atoms with Crippen molar-refractivity contribution in [1.29, 1.82) is 5.26 Å². The van der Waals surface area contributed by atoms with Gasteiger partial charge in [-0.15, -0.1) is 0 Å². The summed E-state index contributed by atoms with van der Waals surface area (Å²) in [6, 6.07) is 18.7. The van der Waals surface area contributed by atoms with Crippen LogP contribution in [-0.2, 0) is 6.42 Å². The molecule has 78 valence electrons. The molecule has 0 saturated carbocycles. The van der Waals surface area contributed by atoms with Crippen molar-refractivity contribution in [3.63, 3.8) is 0 Å². The molecule has 0 aliphatic rings. The van der Waals surface area contributed by atoms with E-state index < -0.39 is 0 Å². The fraction of sp³-hybridized carbons (Fsp3) is 0.133. The third-order valence-electron chi connectivity index (χ3n) is 2.73. The van der Waals surface area contributed by atoms with E-state index >= 15 is 0 Å². The van der Waals surface area contributed by atoms with Crippen LogP contribution >= 0.6 is 0 Å². The molecule has 0 unspecified atom stereocenters. The quantitative estimate of drug-likeness (QED) is 0.736. The highest BCUT2D eigenvalue weighted by atomic mass is 14.2. The van der Waals surface area contributed by atoms with Crippen LogP contribution in [0, 0.1) is 18.3 Å². The molecule has 0 bridgehead atoms. The van der Waals surface area contributed by atoms with Crippen LogP contribution in [0.5, 0.6) is 0 Å². The fourth-order valence-electron chi connectivity index (χ4n) is 1.76. The second-order valence-electron chi connectivity index (χ2n) is 3.84. The van der Waals surface area contributed by atoms with Crippen molar-refractivity contribution in [3.05, 3.63) is 59.7 Å². The average Bonchev–Trinajstić information content (AvgIpc) is 2.33. The second-order valence-corrected chi connectivity index (χ2v) is 3.84. The van der Waals surface area contributed by atoms with Crippen molar-refractivity contribution in [3.8, 4) is 17.2 Å². The summed E-state index contributed by atoms with van der Waals surface area (Å²) in [4.78, 5) is 0. The van der Waals surface area contributed by atoms with Crippen LogP contribution in [0.25, 0.3) is 11.1 Å². The molecule has 2 rings (SSSR count). The SMILES string of the molecule is Cc1ccc(-c2ccccc2)cc1CC#N. The summed E-state index contributed by atoms with van der Waals surface area (Å²) < 4.78 is 0. The smallest absolute Gasteiger partial charge is 0.0669 e. The van der Waals surface area contributed by atoms with E-state index in [0.29, 0.717) is 6.42 Å². The Kier molecular flexibility index (Phi) is 3.03. The Morgan fingerprint density at radius 3 is 2.44 bits per heavy atom. The molecule has 0 saturated heterocycles. The topological polar surface area (TPSA) is 23.8 Å². The van der Waals surface area contributed by atoms with E-state index in [0.717, 1.165) is 5.56 Å². The maximum atomic E-state index is 8.76. The van der Waals surface area contributed by atoms with Gasteiger partial charge in [0.1, 0.15) is 0 Å². The molecule has 0 heterocycles. The van der Waals surface area contributed by atoms with Gasteiger partial charge < -0.3 is 0 Å². The lowest BCUT2D eigenvalue weighted by atomic mass is 9.98. The molecule has 1 heteroatoms. The molecular weight excluding hydrogens is 194 g/mol. The molecule has 0 fully saturated rings. The number of rotatable bonds is 2. The maximum Gasteiger partial charge on any atom is 0.0669 e. The van der Waals surface area contributed by atoms with Gasteiger partial charge >= 0.3 is 0 Å². The van der Waals surface area contributed by atoms with Crippen molar-refractivity contribution >= 4 is 0 Å². The summed E-state index contributed by atoms with van der Waals surface area (Å²) in [6.07, 6.45) is 0.479. The predicted octanol–water partition coefficient (Wildman–Crippen LogP) is 3.73. The van der Waals surface area contributed by atoms with Crippen molar-refractivity contribution in [1.82, 2.24) is 0 Å². The van der Waals surface area contributed by atoms with Gasteiger partial charge in [-0.1, -0.05) is 42.5 Å². The number of hydrogen-bond acceptors (Lipinski definition) is 1. The molecule has 0 N–H and O–H groups in total. The molecule has 0 amide bonds. The van der Waals surface area contributed by atoms with Crippen LogP contribution in [0.1, 0.15) is 11.1 Å². The highest BCUT2D eigenvalue weighted by molar-refractivity contribution is 5.64. The van der Waals surface area contributed by atoms with Gasteiger partial charge in [0.05, 0.1) is 12.5 Å². The molecule has 2 aromatic rings. The predicted molar refractivity (Wildman–Crippen MR) is 65.9 cm³/mol. The normalized spacial score (nSPS) is 9.75. The highest BCUT2D eigenvalue weighted by Gasteiger charge is 2.01. The number of nitrogens with zero attached hydrogens (tertiary/aromatic N) is 1. The van der Waals surface area contributed by atoms with Gasteiger partial charge in [0.25, 0.3) is 0 Å². The van der Waals surface area contributed by atoms with Gasteiger partial charge in [-0.05, 0) is 35.2 Å². The van der Waals surface area contributed by atoms with E-state index in [1.807, 2.05) is 25.1 Å². The molecule has 1 nitrogen and oxygen atoms in total. The zero-order valence-electron chi connectivity index (χ0n) is 9.27. The molecule has 0 spiro atoms. The lowest BCUT2D eigenvalue weighted by molar-refractivity contribution is 1.21. The van der Waals surface area contributed by atoms with Gasteiger partial charge in [-0.2, -0.15) is 5.26 Å². The summed E-state index contributed by atoms with van der Waals surface area (Å²) in [6.45, 7) is 2.04. The van der Waals surface area contributed by atoms with Crippen LogP contribution in [0.2, 0.25) is 0 Å². The Balaban J connectivity index is 2.45. The Labute approximate surface area is 96.0 Å². The van der Waals surface area contributed by atoms with Crippen LogP contribution in [0.4, 0.5) is 0 Å². The molecule has 2 aromatic carbocycles. The minimum atomic E-state index is 0.479. The molecule has 16 heavy (non-hydrogen) atoms. The van der Waals surface area contributed by atoms with E-state index in [1.165, 1.54) is 16.7 Å². The standard InChI is InChI=1S/C15H13N/c1-12-7-8-15(11-14(12)9-10-16)13-5-3-2-4-6-13/h2-8,11H,9H2,1H3. The summed E-state index contributed by atoms with van der Waals surface area (Å²) in [7, 11) is 0. The minimum absolute atomic E-state index is 0.479. The van der Waals surface area contributed by atoms with Gasteiger partial charge in [0.2, 0.25) is 0 Å². The lowest BCUT2D eigenvalue weighted by Gasteiger charge is -2.06. The first-order valence-electron chi connectivity index (χ1n) is 5.33. The van der Waals surface area contributed by atoms with E-state index in [4.69, 9.17) is 5.26 Å². The average molecular weight is 207 g/mol. The van der Waals surface area contributed by atoms with Crippen LogP contribution in [-0.4, -0.2) is 0 Å². The third kappa shape index (κ3) is 2.12. The van der Waals surface area contributed by atoms with Crippen LogP contribution in [0.15, 0.2) is 48.5 Å². The molecule has 0 radical (unpaired) electrons. The van der Waals surface area contributed by atoms with E-state index in [-0.39, 0.29) is 0 Å². The van der Waals surface area contributed by atoms with E-state index in [2.05, 4.69) is 36.4 Å². The Morgan fingerprint density at radius 1 is 1.00 bits per heavy atom. The number of aryl methyl sites for hydroxylation is 1. The van der Waals surface area contributed by atoms with Crippen molar-refractivity contribution in [2.45, 2.75) is 13.3 Å². The fourth-order valence-corrected chi connectivity index (χ4v) is 1.76. The Morgan fingerprint density at radius 2 is 1.75 bits per heavy atom. The van der Waals surface area contributed by atoms with Crippen molar-refractivity contribution < 1.29 is 0 Å². The number of hydrogen-bond donors (Lipinski definition) is 0. The first-order valence-corrected chi connectivity index (χ1v) is 5.33. The number of benzene rings is 2. The zero-order chi connectivity index (χ0) is 11.4. The third-order valence-corrected chi connectivity index (χ3v) is 2.73. The van der Waals surface area contributed by atoms with E-state index in [1.54, 1.807) is 0 Å². The first kappa shape index (κ1) is 10.4. The first-order chi connectivity index (χ1) is 7.81. The Hall–Kier alpha value is -2.07. The molecule has 0 aliphatic heterocycles. The second kappa shape index (κ2) is 4.63. The monoisotopic (exact) mass is 207 g/mol. The van der Waals surface area contributed by atoms with E-state index in [9.17, 15) is 0 Å². The van der Waals surface area contributed by atoms with Crippen molar-refractivity contribution in [2.24, 2.45) is 0 Å². The number of nitriles is 1. The maximum absolute atomic E-state index is 8.76. The van der Waals surface area contributed by atoms with Crippen molar-refractivity contribution in [2.75, 3.05) is 0 Å². The van der Waals surface area contributed by atoms with Gasteiger partial charge in [0, 0.05) is 0 Å². The molecule has 0 aliphatic carbocycles. The summed E-state index contributed by atoms with van der Waals surface area (Å²) >= 11 is 0. The largest absolute Gasteiger partial charge is 0.198 e. The summed E-state index contributed by atoms with van der Waals surface area (Å²) in [5.74, 6) is 0. The molecular formula is C15H13N. The zero-order valence-corrected chi connectivity index (χ0v) is 9.27. The molecule has 0 aromatic heterocycles. The van der Waals surface area contributed by atoms with Crippen LogP contribution in [0.3, 0.4) is 0 Å². The Bertz CT molecular complexity index is 521. The minimum Gasteiger partial charge on any atom is -0.198 e. The van der Waals surface area contributed by atoms with Crippen LogP contribution < -0.4 is 0 Å².